The molecule has 0 spiro atoms. The molecule has 0 aliphatic carbocycles. The second-order valence-corrected chi connectivity index (χ2v) is 6.81. The minimum absolute atomic E-state index is 0.647. The summed E-state index contributed by atoms with van der Waals surface area (Å²) in [6, 6.07) is 2.01. The SMILES string of the molecule is CCn1nccc1CN(C)C(=S)Nc1cnn(Cc2cnn(CC)c2C)c1. The van der Waals surface area contributed by atoms with Crippen molar-refractivity contribution >= 4 is 23.0 Å². The Bertz CT molecular complexity index is 906. The monoisotopic (exact) mass is 386 g/mol. The van der Waals surface area contributed by atoms with E-state index in [0.717, 1.165) is 24.5 Å². The molecule has 3 aromatic heterocycles. The lowest BCUT2D eigenvalue weighted by molar-refractivity contribution is 0.471. The van der Waals surface area contributed by atoms with E-state index in [9.17, 15) is 0 Å². The summed E-state index contributed by atoms with van der Waals surface area (Å²) in [6.45, 7) is 9.35. The van der Waals surface area contributed by atoms with E-state index in [1.54, 1.807) is 6.20 Å². The van der Waals surface area contributed by atoms with E-state index in [0.29, 0.717) is 18.2 Å². The second-order valence-electron chi connectivity index (χ2n) is 6.42. The van der Waals surface area contributed by atoms with Crippen LogP contribution < -0.4 is 5.32 Å². The molecule has 0 atom stereocenters. The lowest BCUT2D eigenvalue weighted by Crippen LogP contribution is -2.31. The van der Waals surface area contributed by atoms with Gasteiger partial charge in [0.05, 0.1) is 36.9 Å². The average molecular weight is 387 g/mol. The van der Waals surface area contributed by atoms with Gasteiger partial charge in [0.2, 0.25) is 0 Å². The fourth-order valence-corrected chi connectivity index (χ4v) is 3.14. The molecule has 3 aromatic rings. The van der Waals surface area contributed by atoms with E-state index in [-0.39, 0.29) is 0 Å². The third-order valence-electron chi connectivity index (χ3n) is 4.57. The highest BCUT2D eigenvalue weighted by molar-refractivity contribution is 7.80. The number of rotatable bonds is 7. The first kappa shape index (κ1) is 19.1. The summed E-state index contributed by atoms with van der Waals surface area (Å²) in [5.74, 6) is 0. The van der Waals surface area contributed by atoms with Gasteiger partial charge >= 0.3 is 0 Å². The van der Waals surface area contributed by atoms with Gasteiger partial charge in [-0.25, -0.2) is 0 Å². The molecule has 0 saturated heterocycles. The van der Waals surface area contributed by atoms with Crippen LogP contribution in [0.5, 0.6) is 0 Å². The first-order chi connectivity index (χ1) is 13.0. The highest BCUT2D eigenvalue weighted by atomic mass is 32.1. The Balaban J connectivity index is 1.59. The number of aromatic nitrogens is 6. The topological polar surface area (TPSA) is 68.7 Å². The lowest BCUT2D eigenvalue weighted by atomic mass is 10.2. The molecule has 0 aliphatic rings. The van der Waals surface area contributed by atoms with E-state index < -0.39 is 0 Å². The minimum atomic E-state index is 0.647. The van der Waals surface area contributed by atoms with Gasteiger partial charge in [0.15, 0.2) is 5.11 Å². The third-order valence-corrected chi connectivity index (χ3v) is 4.98. The molecule has 144 valence electrons. The molecule has 0 saturated carbocycles. The first-order valence-corrected chi connectivity index (χ1v) is 9.49. The molecular weight excluding hydrogens is 360 g/mol. The van der Waals surface area contributed by atoms with Crippen LogP contribution in [0.4, 0.5) is 5.69 Å². The molecule has 3 rings (SSSR count). The molecular formula is C18H26N8S. The Labute approximate surface area is 164 Å². The predicted octanol–water partition coefficient (Wildman–Crippen LogP) is 2.50. The Morgan fingerprint density at radius 1 is 1.15 bits per heavy atom. The molecule has 8 nitrogen and oxygen atoms in total. The van der Waals surface area contributed by atoms with Crippen molar-refractivity contribution in [1.82, 2.24) is 34.2 Å². The standard InChI is InChI=1S/C18H26N8S/c1-5-25-14(3)15(9-21-25)11-24-12-16(10-20-24)22-18(27)23(4)13-17-7-8-19-26(17)6-2/h7-10,12H,5-6,11,13H2,1-4H3,(H,22,27). The molecule has 0 aliphatic heterocycles. The summed E-state index contributed by atoms with van der Waals surface area (Å²) in [7, 11) is 1.97. The van der Waals surface area contributed by atoms with E-state index in [4.69, 9.17) is 12.2 Å². The number of anilines is 1. The maximum atomic E-state index is 5.52. The van der Waals surface area contributed by atoms with E-state index in [1.807, 2.05) is 50.6 Å². The lowest BCUT2D eigenvalue weighted by Gasteiger charge is -2.20. The Hall–Kier alpha value is -2.68. The summed E-state index contributed by atoms with van der Waals surface area (Å²) in [5, 5.41) is 17.0. The van der Waals surface area contributed by atoms with Crippen LogP contribution in [0.1, 0.15) is 30.8 Å². The quantitative estimate of drug-likeness (QED) is 0.629. The van der Waals surface area contributed by atoms with Crippen molar-refractivity contribution in [2.24, 2.45) is 0 Å². The molecule has 1 N–H and O–H groups in total. The Morgan fingerprint density at radius 2 is 1.93 bits per heavy atom. The zero-order valence-corrected chi connectivity index (χ0v) is 17.1. The van der Waals surface area contributed by atoms with Gasteiger partial charge in [-0.3, -0.25) is 14.0 Å². The van der Waals surface area contributed by atoms with Gasteiger partial charge in [-0.1, -0.05) is 0 Å². The normalized spacial score (nSPS) is 11.0. The molecule has 27 heavy (non-hydrogen) atoms. The van der Waals surface area contributed by atoms with Gasteiger partial charge in [0.1, 0.15) is 0 Å². The van der Waals surface area contributed by atoms with Gasteiger partial charge in [-0.15, -0.1) is 0 Å². The van der Waals surface area contributed by atoms with Crippen LogP contribution >= 0.6 is 12.2 Å². The van der Waals surface area contributed by atoms with Crippen LogP contribution in [-0.4, -0.2) is 46.4 Å². The zero-order chi connectivity index (χ0) is 19.4. The molecule has 0 amide bonds. The minimum Gasteiger partial charge on any atom is -0.346 e. The predicted molar refractivity (Wildman–Crippen MR) is 110 cm³/mol. The number of hydrogen-bond donors (Lipinski definition) is 1. The van der Waals surface area contributed by atoms with Crippen LogP contribution in [0.3, 0.4) is 0 Å². The fraction of sp³-hybridized carbons (Fsp3) is 0.444. The van der Waals surface area contributed by atoms with Crippen molar-refractivity contribution in [3.05, 3.63) is 47.8 Å². The smallest absolute Gasteiger partial charge is 0.173 e. The summed E-state index contributed by atoms with van der Waals surface area (Å²) in [5.41, 5.74) is 4.34. The van der Waals surface area contributed by atoms with Crippen LogP contribution in [-0.2, 0) is 26.2 Å². The molecule has 9 heteroatoms. The number of nitrogens with one attached hydrogen (secondary N) is 1. The zero-order valence-electron chi connectivity index (χ0n) is 16.3. The van der Waals surface area contributed by atoms with Gasteiger partial charge in [-0.2, -0.15) is 15.3 Å². The van der Waals surface area contributed by atoms with Gasteiger partial charge in [-0.05, 0) is 39.1 Å². The number of thiocarbonyl (C=S) groups is 1. The summed E-state index contributed by atoms with van der Waals surface area (Å²) in [4.78, 5) is 1.99. The average Bonchev–Trinajstić information content (AvgIpc) is 3.37. The van der Waals surface area contributed by atoms with Crippen LogP contribution in [0, 0.1) is 6.92 Å². The highest BCUT2D eigenvalue weighted by Gasteiger charge is 2.11. The van der Waals surface area contributed by atoms with E-state index in [1.165, 1.54) is 11.3 Å². The van der Waals surface area contributed by atoms with Crippen LogP contribution in [0.2, 0.25) is 0 Å². The Kier molecular flexibility index (Phi) is 5.90. The highest BCUT2D eigenvalue weighted by Crippen LogP contribution is 2.12. The summed E-state index contributed by atoms with van der Waals surface area (Å²) in [6.07, 6.45) is 7.47. The van der Waals surface area contributed by atoms with E-state index >= 15 is 0 Å². The third kappa shape index (κ3) is 4.36. The fourth-order valence-electron chi connectivity index (χ4n) is 2.96. The van der Waals surface area contributed by atoms with Crippen molar-refractivity contribution < 1.29 is 0 Å². The number of hydrogen-bond acceptors (Lipinski definition) is 4. The number of nitrogens with zero attached hydrogens (tertiary/aromatic N) is 7. The van der Waals surface area contributed by atoms with Crippen LogP contribution in [0.25, 0.3) is 0 Å². The summed E-state index contributed by atoms with van der Waals surface area (Å²) >= 11 is 5.52. The van der Waals surface area contributed by atoms with Crippen LogP contribution in [0.15, 0.2) is 30.9 Å². The van der Waals surface area contributed by atoms with Crippen molar-refractivity contribution in [1.29, 1.82) is 0 Å². The molecule has 0 radical (unpaired) electrons. The van der Waals surface area contributed by atoms with Crippen molar-refractivity contribution in [2.45, 2.75) is 47.0 Å². The molecule has 3 heterocycles. The molecule has 0 fully saturated rings. The van der Waals surface area contributed by atoms with Gasteiger partial charge in [0.25, 0.3) is 0 Å². The summed E-state index contributed by atoms with van der Waals surface area (Å²) < 4.78 is 5.85. The second kappa shape index (κ2) is 8.34. The number of aryl methyl sites for hydroxylation is 2. The van der Waals surface area contributed by atoms with Crippen molar-refractivity contribution in [2.75, 3.05) is 12.4 Å². The van der Waals surface area contributed by atoms with E-state index in [2.05, 4.69) is 41.4 Å². The maximum Gasteiger partial charge on any atom is 0.173 e. The molecule has 0 unspecified atom stereocenters. The maximum absolute atomic E-state index is 5.52. The van der Waals surface area contributed by atoms with Gasteiger partial charge in [0, 0.05) is 43.8 Å². The molecule has 0 bridgehead atoms. The first-order valence-electron chi connectivity index (χ1n) is 9.08. The Morgan fingerprint density at radius 3 is 2.63 bits per heavy atom. The van der Waals surface area contributed by atoms with Gasteiger partial charge < -0.3 is 10.2 Å². The van der Waals surface area contributed by atoms with Crippen molar-refractivity contribution in [3.8, 4) is 0 Å². The van der Waals surface area contributed by atoms with Crippen molar-refractivity contribution in [3.63, 3.8) is 0 Å². The molecule has 0 aromatic carbocycles. The largest absolute Gasteiger partial charge is 0.346 e.